The maximum Gasteiger partial charge on any atom is 0.334 e. The zero-order valence-corrected chi connectivity index (χ0v) is 6.59. The highest BCUT2D eigenvalue weighted by atomic mass is 16.5. The monoisotopic (exact) mass is 156 g/mol. The Morgan fingerprint density at radius 1 is 1.64 bits per heavy atom. The molecule has 0 saturated carbocycles. The number of ether oxygens (including phenoxy) is 1. The van der Waals surface area contributed by atoms with Crippen molar-refractivity contribution in [3.63, 3.8) is 0 Å². The number of aliphatic carboxylic acids is 1. The highest BCUT2D eigenvalue weighted by Gasteiger charge is 2.20. The first-order valence-corrected chi connectivity index (χ1v) is 3.83. The fourth-order valence-electron chi connectivity index (χ4n) is 1.28. The van der Waals surface area contributed by atoms with Crippen LogP contribution in [0.25, 0.3) is 0 Å². The van der Waals surface area contributed by atoms with Crippen LogP contribution in [0, 0.1) is 0 Å². The van der Waals surface area contributed by atoms with E-state index in [0.29, 0.717) is 24.4 Å². The van der Waals surface area contributed by atoms with Gasteiger partial charge in [0.05, 0.1) is 12.2 Å². The minimum absolute atomic E-state index is 0.465. The molecule has 0 fully saturated rings. The van der Waals surface area contributed by atoms with Crippen LogP contribution in [0.2, 0.25) is 0 Å². The summed E-state index contributed by atoms with van der Waals surface area (Å²) in [6.07, 6.45) is 2.36. The smallest absolute Gasteiger partial charge is 0.334 e. The van der Waals surface area contributed by atoms with E-state index >= 15 is 0 Å². The second-order valence-corrected chi connectivity index (χ2v) is 2.49. The Hall–Kier alpha value is -0.990. The quantitative estimate of drug-likeness (QED) is 0.674. The van der Waals surface area contributed by atoms with E-state index in [2.05, 4.69) is 0 Å². The molecule has 0 aliphatic heterocycles. The van der Waals surface area contributed by atoms with Crippen LogP contribution in [0.3, 0.4) is 0 Å². The molecule has 1 aliphatic rings. The molecule has 0 saturated heterocycles. The van der Waals surface area contributed by atoms with Crippen LogP contribution in [0.5, 0.6) is 0 Å². The van der Waals surface area contributed by atoms with Gasteiger partial charge in [0, 0.05) is 6.42 Å². The van der Waals surface area contributed by atoms with E-state index in [1.807, 2.05) is 6.92 Å². The third-order valence-corrected chi connectivity index (χ3v) is 1.74. The van der Waals surface area contributed by atoms with Gasteiger partial charge in [0.1, 0.15) is 5.76 Å². The molecule has 0 aromatic carbocycles. The average molecular weight is 156 g/mol. The van der Waals surface area contributed by atoms with Gasteiger partial charge in [0.15, 0.2) is 0 Å². The number of hydrogen-bond acceptors (Lipinski definition) is 2. The van der Waals surface area contributed by atoms with Gasteiger partial charge >= 0.3 is 5.97 Å². The summed E-state index contributed by atoms with van der Waals surface area (Å²) < 4.78 is 5.18. The summed E-state index contributed by atoms with van der Waals surface area (Å²) in [6, 6.07) is 0. The van der Waals surface area contributed by atoms with Crippen molar-refractivity contribution >= 4 is 5.97 Å². The van der Waals surface area contributed by atoms with Crippen molar-refractivity contribution in [3.8, 4) is 0 Å². The molecular formula is C8H12O3. The molecule has 3 heteroatoms. The van der Waals surface area contributed by atoms with E-state index in [9.17, 15) is 4.79 Å². The van der Waals surface area contributed by atoms with Gasteiger partial charge in [-0.05, 0) is 19.8 Å². The van der Waals surface area contributed by atoms with Crippen molar-refractivity contribution in [2.24, 2.45) is 0 Å². The van der Waals surface area contributed by atoms with Crippen LogP contribution < -0.4 is 0 Å². The van der Waals surface area contributed by atoms with Crippen LogP contribution in [0.15, 0.2) is 11.3 Å². The van der Waals surface area contributed by atoms with Gasteiger partial charge in [-0.1, -0.05) is 0 Å². The van der Waals surface area contributed by atoms with Crippen molar-refractivity contribution in [2.45, 2.75) is 26.2 Å². The molecule has 1 N–H and O–H groups in total. The van der Waals surface area contributed by atoms with Gasteiger partial charge in [-0.15, -0.1) is 0 Å². The number of carboxylic acid groups (broad SMARTS) is 1. The zero-order chi connectivity index (χ0) is 8.27. The van der Waals surface area contributed by atoms with E-state index in [-0.39, 0.29) is 0 Å². The predicted octanol–water partition coefficient (Wildman–Crippen LogP) is 1.55. The van der Waals surface area contributed by atoms with Gasteiger partial charge in [0.2, 0.25) is 0 Å². The van der Waals surface area contributed by atoms with Crippen molar-refractivity contribution in [2.75, 3.05) is 6.61 Å². The van der Waals surface area contributed by atoms with Crippen molar-refractivity contribution in [3.05, 3.63) is 11.3 Å². The lowest BCUT2D eigenvalue weighted by Gasteiger charge is -2.03. The number of carboxylic acids is 1. The SMILES string of the molecule is CCOC1=C(C(=O)O)CCC1. The maximum absolute atomic E-state index is 10.5. The van der Waals surface area contributed by atoms with Gasteiger partial charge < -0.3 is 9.84 Å². The molecule has 0 radical (unpaired) electrons. The summed E-state index contributed by atoms with van der Waals surface area (Å²) in [5, 5.41) is 8.67. The Morgan fingerprint density at radius 3 is 2.91 bits per heavy atom. The van der Waals surface area contributed by atoms with Gasteiger partial charge in [0.25, 0.3) is 0 Å². The van der Waals surface area contributed by atoms with E-state index < -0.39 is 5.97 Å². The first-order valence-electron chi connectivity index (χ1n) is 3.83. The third kappa shape index (κ3) is 1.73. The summed E-state index contributed by atoms with van der Waals surface area (Å²) in [5.41, 5.74) is 0.465. The van der Waals surface area contributed by atoms with E-state index in [1.54, 1.807) is 0 Å². The Labute approximate surface area is 65.7 Å². The zero-order valence-electron chi connectivity index (χ0n) is 6.59. The average Bonchev–Trinajstić information content (AvgIpc) is 2.36. The van der Waals surface area contributed by atoms with Gasteiger partial charge in [-0.25, -0.2) is 4.79 Å². The van der Waals surface area contributed by atoms with E-state index in [4.69, 9.17) is 9.84 Å². The molecule has 0 aromatic heterocycles. The molecule has 3 nitrogen and oxygen atoms in total. The summed E-state index contributed by atoms with van der Waals surface area (Å²) in [5.74, 6) is -0.147. The fourth-order valence-corrected chi connectivity index (χ4v) is 1.28. The Balaban J connectivity index is 2.69. The molecule has 0 atom stereocenters. The second kappa shape index (κ2) is 3.42. The van der Waals surface area contributed by atoms with Crippen molar-refractivity contribution in [1.82, 2.24) is 0 Å². The second-order valence-electron chi connectivity index (χ2n) is 2.49. The normalized spacial score (nSPS) is 17.2. The summed E-state index contributed by atoms with van der Waals surface area (Å²) in [6.45, 7) is 2.43. The molecule has 62 valence electrons. The molecule has 0 aromatic rings. The molecule has 11 heavy (non-hydrogen) atoms. The van der Waals surface area contributed by atoms with Crippen molar-refractivity contribution in [1.29, 1.82) is 0 Å². The standard InChI is InChI=1S/C8H12O3/c1-2-11-7-5-3-4-6(7)8(9)10/h2-5H2,1H3,(H,9,10). The summed E-state index contributed by atoms with van der Waals surface area (Å²) >= 11 is 0. The highest BCUT2D eigenvalue weighted by molar-refractivity contribution is 5.87. The van der Waals surface area contributed by atoms with Gasteiger partial charge in [-0.3, -0.25) is 0 Å². The maximum atomic E-state index is 10.5. The van der Waals surface area contributed by atoms with Crippen LogP contribution in [-0.4, -0.2) is 17.7 Å². The van der Waals surface area contributed by atoms with Crippen LogP contribution in [0.4, 0.5) is 0 Å². The lowest BCUT2D eigenvalue weighted by molar-refractivity contribution is -0.132. The molecule has 0 bridgehead atoms. The van der Waals surface area contributed by atoms with Crippen LogP contribution in [0.1, 0.15) is 26.2 Å². The molecule has 1 aliphatic carbocycles. The minimum Gasteiger partial charge on any atom is -0.498 e. The fraction of sp³-hybridized carbons (Fsp3) is 0.625. The molecule has 1 rings (SSSR count). The molecule has 0 amide bonds. The summed E-state index contributed by atoms with van der Waals surface area (Å²) in [4.78, 5) is 10.5. The minimum atomic E-state index is -0.828. The number of hydrogen-bond donors (Lipinski definition) is 1. The highest BCUT2D eigenvalue weighted by Crippen LogP contribution is 2.26. The van der Waals surface area contributed by atoms with E-state index in [1.165, 1.54) is 0 Å². The number of carbonyl (C=O) groups is 1. The summed E-state index contributed by atoms with van der Waals surface area (Å²) in [7, 11) is 0. The largest absolute Gasteiger partial charge is 0.498 e. The third-order valence-electron chi connectivity index (χ3n) is 1.74. The van der Waals surface area contributed by atoms with Crippen molar-refractivity contribution < 1.29 is 14.6 Å². The number of rotatable bonds is 3. The number of allylic oxidation sites excluding steroid dienone is 1. The first-order chi connectivity index (χ1) is 5.25. The van der Waals surface area contributed by atoms with E-state index in [0.717, 1.165) is 12.8 Å². The lowest BCUT2D eigenvalue weighted by Crippen LogP contribution is -2.01. The topological polar surface area (TPSA) is 46.5 Å². The molecule has 0 unspecified atom stereocenters. The lowest BCUT2D eigenvalue weighted by atomic mass is 10.2. The predicted molar refractivity (Wildman–Crippen MR) is 40.1 cm³/mol. The Morgan fingerprint density at radius 2 is 2.36 bits per heavy atom. The molecule has 0 spiro atoms. The Bertz CT molecular complexity index is 194. The molecule has 0 heterocycles. The van der Waals surface area contributed by atoms with Crippen LogP contribution >= 0.6 is 0 Å². The Kier molecular flexibility index (Phi) is 2.52. The van der Waals surface area contributed by atoms with Crippen LogP contribution in [-0.2, 0) is 9.53 Å². The first kappa shape index (κ1) is 8.11. The molecular weight excluding hydrogens is 144 g/mol. The van der Waals surface area contributed by atoms with Gasteiger partial charge in [-0.2, -0.15) is 0 Å².